The molecule has 1 aliphatic rings. The molecule has 1 amide bonds. The number of pyridine rings is 1. The Balaban J connectivity index is 1.97. The zero-order valence-corrected chi connectivity index (χ0v) is 11.5. The molecule has 5 nitrogen and oxygen atoms in total. The Kier molecular flexibility index (Phi) is 4.74. The van der Waals surface area contributed by atoms with E-state index in [1.165, 1.54) is 0 Å². The van der Waals surface area contributed by atoms with Crippen LogP contribution in [-0.2, 0) is 4.74 Å². The number of hydrogen-bond acceptors (Lipinski definition) is 4. The van der Waals surface area contributed by atoms with E-state index in [2.05, 4.69) is 15.6 Å². The van der Waals surface area contributed by atoms with Crippen molar-refractivity contribution in [1.29, 1.82) is 0 Å². The summed E-state index contributed by atoms with van der Waals surface area (Å²) in [5, 5.41) is 6.09. The summed E-state index contributed by atoms with van der Waals surface area (Å²) in [6.45, 7) is 6.91. The van der Waals surface area contributed by atoms with Crippen LogP contribution >= 0.6 is 0 Å². The summed E-state index contributed by atoms with van der Waals surface area (Å²) in [5.74, 6) is 1.15. The summed E-state index contributed by atoms with van der Waals surface area (Å²) < 4.78 is 5.29. The van der Waals surface area contributed by atoms with Gasteiger partial charge in [-0.05, 0) is 32.4 Å². The molecule has 1 aliphatic heterocycles. The number of nitrogens with one attached hydrogen (secondary N) is 2. The minimum atomic E-state index is -0.0449. The van der Waals surface area contributed by atoms with Crippen LogP contribution in [0.5, 0.6) is 0 Å². The maximum atomic E-state index is 12.1. The van der Waals surface area contributed by atoms with E-state index in [4.69, 9.17) is 4.74 Å². The van der Waals surface area contributed by atoms with Gasteiger partial charge in [-0.2, -0.15) is 0 Å². The monoisotopic (exact) mass is 263 g/mol. The van der Waals surface area contributed by atoms with E-state index >= 15 is 0 Å². The molecule has 0 bridgehead atoms. The zero-order valence-electron chi connectivity index (χ0n) is 11.5. The molecular weight excluding hydrogens is 242 g/mol. The molecule has 0 aromatic carbocycles. The minimum Gasteiger partial charge on any atom is -0.381 e. The highest BCUT2D eigenvalue weighted by molar-refractivity contribution is 5.95. The van der Waals surface area contributed by atoms with Crippen molar-refractivity contribution >= 4 is 11.7 Å². The Labute approximate surface area is 113 Å². The lowest BCUT2D eigenvalue weighted by molar-refractivity contribution is 0.0945. The fourth-order valence-corrected chi connectivity index (χ4v) is 2.15. The van der Waals surface area contributed by atoms with E-state index in [-0.39, 0.29) is 5.91 Å². The van der Waals surface area contributed by atoms with Crippen molar-refractivity contribution in [2.45, 2.75) is 20.3 Å². The zero-order chi connectivity index (χ0) is 13.7. The van der Waals surface area contributed by atoms with Crippen molar-refractivity contribution in [3.8, 4) is 0 Å². The van der Waals surface area contributed by atoms with Crippen LogP contribution in [0.3, 0.4) is 0 Å². The average molecular weight is 263 g/mol. The predicted molar refractivity (Wildman–Crippen MR) is 74.4 cm³/mol. The van der Waals surface area contributed by atoms with Crippen LogP contribution in [0, 0.1) is 12.8 Å². The Bertz CT molecular complexity index is 442. The minimum absolute atomic E-state index is 0.0449. The van der Waals surface area contributed by atoms with Gasteiger partial charge in [0, 0.05) is 36.9 Å². The van der Waals surface area contributed by atoms with Gasteiger partial charge < -0.3 is 15.4 Å². The molecule has 2 rings (SSSR count). The van der Waals surface area contributed by atoms with Gasteiger partial charge in [0.1, 0.15) is 5.82 Å². The topological polar surface area (TPSA) is 63.2 Å². The van der Waals surface area contributed by atoms with Crippen molar-refractivity contribution in [3.05, 3.63) is 23.4 Å². The van der Waals surface area contributed by atoms with Gasteiger partial charge in [-0.3, -0.25) is 4.79 Å². The molecule has 1 atom stereocenters. The van der Waals surface area contributed by atoms with Gasteiger partial charge in [0.15, 0.2) is 0 Å². The third-order valence-corrected chi connectivity index (χ3v) is 3.15. The van der Waals surface area contributed by atoms with Crippen molar-refractivity contribution in [2.75, 3.05) is 31.6 Å². The molecule has 0 aliphatic carbocycles. The van der Waals surface area contributed by atoms with Crippen molar-refractivity contribution < 1.29 is 9.53 Å². The van der Waals surface area contributed by atoms with Crippen molar-refractivity contribution in [1.82, 2.24) is 10.3 Å². The quantitative estimate of drug-likeness (QED) is 0.847. The number of carbonyl (C=O) groups excluding carboxylic acids is 1. The van der Waals surface area contributed by atoms with E-state index in [0.717, 1.165) is 37.7 Å². The molecule has 2 N–H and O–H groups in total. The molecule has 0 spiro atoms. The Hall–Kier alpha value is -1.62. The van der Waals surface area contributed by atoms with Crippen LogP contribution in [0.1, 0.15) is 29.4 Å². The van der Waals surface area contributed by atoms with Crippen LogP contribution in [0.25, 0.3) is 0 Å². The normalized spacial score (nSPS) is 18.3. The SMILES string of the molecule is CCNc1cc(C(=O)NCC2CCOC2)cc(C)n1. The molecule has 104 valence electrons. The van der Waals surface area contributed by atoms with Crippen LogP contribution in [0.2, 0.25) is 0 Å². The summed E-state index contributed by atoms with van der Waals surface area (Å²) in [4.78, 5) is 16.4. The Morgan fingerprint density at radius 1 is 1.53 bits per heavy atom. The number of carbonyl (C=O) groups is 1. The highest BCUT2D eigenvalue weighted by atomic mass is 16.5. The van der Waals surface area contributed by atoms with E-state index in [0.29, 0.717) is 18.0 Å². The first-order valence-electron chi connectivity index (χ1n) is 6.77. The second kappa shape index (κ2) is 6.52. The maximum Gasteiger partial charge on any atom is 0.251 e. The number of aryl methyl sites for hydroxylation is 1. The number of aromatic nitrogens is 1. The fraction of sp³-hybridized carbons (Fsp3) is 0.571. The summed E-state index contributed by atoms with van der Waals surface area (Å²) in [6, 6.07) is 3.60. The second-order valence-corrected chi connectivity index (χ2v) is 4.85. The number of hydrogen-bond donors (Lipinski definition) is 2. The maximum absolute atomic E-state index is 12.1. The molecule has 1 unspecified atom stereocenters. The van der Waals surface area contributed by atoms with Gasteiger partial charge in [-0.25, -0.2) is 4.98 Å². The summed E-state index contributed by atoms with van der Waals surface area (Å²) in [6.07, 6.45) is 1.03. The molecule has 1 saturated heterocycles. The van der Waals surface area contributed by atoms with Gasteiger partial charge in [0.05, 0.1) is 6.61 Å². The van der Waals surface area contributed by atoms with Crippen LogP contribution in [0.15, 0.2) is 12.1 Å². The molecule has 2 heterocycles. The lowest BCUT2D eigenvalue weighted by atomic mass is 10.1. The third kappa shape index (κ3) is 3.92. The molecule has 1 fully saturated rings. The molecule has 0 saturated carbocycles. The molecule has 1 aromatic heterocycles. The molecule has 19 heavy (non-hydrogen) atoms. The smallest absolute Gasteiger partial charge is 0.251 e. The predicted octanol–water partition coefficient (Wildman–Crippen LogP) is 1.59. The van der Waals surface area contributed by atoms with Crippen molar-refractivity contribution in [3.63, 3.8) is 0 Å². The van der Waals surface area contributed by atoms with Gasteiger partial charge in [0.25, 0.3) is 5.91 Å². The lowest BCUT2D eigenvalue weighted by Crippen LogP contribution is -2.29. The molecule has 5 heteroatoms. The number of amides is 1. The standard InChI is InChI=1S/C14H21N3O2/c1-3-15-13-7-12(6-10(2)17-13)14(18)16-8-11-4-5-19-9-11/h6-7,11H,3-5,8-9H2,1-2H3,(H,15,17)(H,16,18). The molecular formula is C14H21N3O2. The van der Waals surface area contributed by atoms with Crippen LogP contribution < -0.4 is 10.6 Å². The first kappa shape index (κ1) is 13.8. The summed E-state index contributed by atoms with van der Waals surface area (Å²) in [7, 11) is 0. The van der Waals surface area contributed by atoms with Crippen molar-refractivity contribution in [2.24, 2.45) is 5.92 Å². The van der Waals surface area contributed by atoms with E-state index in [1.54, 1.807) is 12.1 Å². The third-order valence-electron chi connectivity index (χ3n) is 3.15. The van der Waals surface area contributed by atoms with E-state index in [9.17, 15) is 4.79 Å². The van der Waals surface area contributed by atoms with E-state index < -0.39 is 0 Å². The second-order valence-electron chi connectivity index (χ2n) is 4.85. The number of rotatable bonds is 5. The Morgan fingerprint density at radius 3 is 3.05 bits per heavy atom. The van der Waals surface area contributed by atoms with Gasteiger partial charge in [-0.1, -0.05) is 0 Å². The van der Waals surface area contributed by atoms with Gasteiger partial charge in [-0.15, -0.1) is 0 Å². The lowest BCUT2D eigenvalue weighted by Gasteiger charge is -2.11. The highest BCUT2D eigenvalue weighted by Gasteiger charge is 2.17. The Morgan fingerprint density at radius 2 is 2.37 bits per heavy atom. The first-order valence-corrected chi connectivity index (χ1v) is 6.77. The van der Waals surface area contributed by atoms with Gasteiger partial charge >= 0.3 is 0 Å². The average Bonchev–Trinajstić information content (AvgIpc) is 2.88. The molecule has 1 aromatic rings. The van der Waals surface area contributed by atoms with Crippen LogP contribution in [0.4, 0.5) is 5.82 Å². The molecule has 0 radical (unpaired) electrons. The summed E-state index contributed by atoms with van der Waals surface area (Å²) >= 11 is 0. The fourth-order valence-electron chi connectivity index (χ4n) is 2.15. The highest BCUT2D eigenvalue weighted by Crippen LogP contribution is 2.12. The number of ether oxygens (including phenoxy) is 1. The van der Waals surface area contributed by atoms with Gasteiger partial charge in [0.2, 0.25) is 0 Å². The number of anilines is 1. The number of nitrogens with zero attached hydrogens (tertiary/aromatic N) is 1. The largest absolute Gasteiger partial charge is 0.381 e. The summed E-state index contributed by atoms with van der Waals surface area (Å²) in [5.41, 5.74) is 1.50. The van der Waals surface area contributed by atoms with Crippen LogP contribution in [-0.4, -0.2) is 37.2 Å². The first-order chi connectivity index (χ1) is 9.19. The van der Waals surface area contributed by atoms with E-state index in [1.807, 2.05) is 13.8 Å².